The van der Waals surface area contributed by atoms with Crippen LogP contribution in [0.5, 0.6) is 5.75 Å². The number of ether oxygens (including phenoxy) is 1. The van der Waals surface area contributed by atoms with Gasteiger partial charge in [0, 0.05) is 30.3 Å². The van der Waals surface area contributed by atoms with Crippen molar-refractivity contribution in [1.29, 1.82) is 0 Å². The van der Waals surface area contributed by atoms with Gasteiger partial charge in [-0.3, -0.25) is 0 Å². The van der Waals surface area contributed by atoms with Crippen LogP contribution in [0.2, 0.25) is 0 Å². The van der Waals surface area contributed by atoms with Crippen molar-refractivity contribution in [3.05, 3.63) is 72.6 Å². The third-order valence-electron chi connectivity index (χ3n) is 4.87. The van der Waals surface area contributed by atoms with E-state index in [0.29, 0.717) is 0 Å². The predicted molar refractivity (Wildman–Crippen MR) is 120 cm³/mol. The lowest BCUT2D eigenvalue weighted by Gasteiger charge is -2.10. The second-order valence-electron chi connectivity index (χ2n) is 6.95. The van der Waals surface area contributed by atoms with Crippen LogP contribution in [0.3, 0.4) is 0 Å². The average molecular weight is 420 g/mol. The molecule has 30 heavy (non-hydrogen) atoms. The molecule has 2 aromatic heterocycles. The Kier molecular flexibility index (Phi) is 6.49. The summed E-state index contributed by atoms with van der Waals surface area (Å²) in [4.78, 5) is 0. The summed E-state index contributed by atoms with van der Waals surface area (Å²) in [5.74, 6) is 2.58. The zero-order valence-corrected chi connectivity index (χ0v) is 18.0. The third-order valence-corrected chi connectivity index (χ3v) is 5.91. The first kappa shape index (κ1) is 20.2. The molecule has 0 saturated carbocycles. The molecular weight excluding hydrogens is 394 g/mol. The topological polar surface area (TPSA) is 57.8 Å². The molecule has 0 atom stereocenters. The largest absolute Gasteiger partial charge is 0.497 e. The molecule has 0 fully saturated rings. The molecule has 0 radical (unpaired) electrons. The van der Waals surface area contributed by atoms with E-state index in [2.05, 4.69) is 51.1 Å². The molecular formula is C23H25N5OS. The van der Waals surface area contributed by atoms with Crippen LogP contribution >= 0.6 is 11.8 Å². The summed E-state index contributed by atoms with van der Waals surface area (Å²) in [5.41, 5.74) is 3.35. The van der Waals surface area contributed by atoms with E-state index in [1.807, 2.05) is 41.2 Å². The van der Waals surface area contributed by atoms with E-state index in [1.54, 1.807) is 25.1 Å². The van der Waals surface area contributed by atoms with Gasteiger partial charge in [0.05, 0.1) is 12.8 Å². The Bertz CT molecular complexity index is 1060. The summed E-state index contributed by atoms with van der Waals surface area (Å²) in [7, 11) is 1.68. The number of thioether (sulfide) groups is 1. The van der Waals surface area contributed by atoms with Crippen LogP contribution in [0.4, 0.5) is 0 Å². The number of methoxy groups -OCH3 is 1. The van der Waals surface area contributed by atoms with Crippen molar-refractivity contribution in [2.45, 2.75) is 37.2 Å². The van der Waals surface area contributed by atoms with Crippen molar-refractivity contribution in [2.24, 2.45) is 0 Å². The number of unbranched alkanes of at least 4 members (excludes halogenated alkanes) is 1. The Balaban J connectivity index is 1.51. The Morgan fingerprint density at radius 2 is 1.80 bits per heavy atom. The van der Waals surface area contributed by atoms with Gasteiger partial charge < -0.3 is 9.30 Å². The summed E-state index contributed by atoms with van der Waals surface area (Å²) in [6, 6.07) is 18.4. The summed E-state index contributed by atoms with van der Waals surface area (Å²) < 4.78 is 9.36. The Morgan fingerprint density at radius 1 is 1.00 bits per heavy atom. The molecule has 0 bridgehead atoms. The van der Waals surface area contributed by atoms with Gasteiger partial charge in [-0.15, -0.1) is 10.2 Å². The average Bonchev–Trinajstić information content (AvgIpc) is 3.47. The lowest BCUT2D eigenvalue weighted by atomic mass is 10.2. The summed E-state index contributed by atoms with van der Waals surface area (Å²) in [6.45, 7) is 3.11. The van der Waals surface area contributed by atoms with Crippen molar-refractivity contribution < 1.29 is 4.74 Å². The van der Waals surface area contributed by atoms with E-state index in [0.717, 1.165) is 53.1 Å². The number of aromatic nitrogens is 5. The van der Waals surface area contributed by atoms with E-state index < -0.39 is 0 Å². The molecule has 0 aliphatic rings. The van der Waals surface area contributed by atoms with Gasteiger partial charge >= 0.3 is 0 Å². The Hall–Kier alpha value is -3.06. The fourth-order valence-corrected chi connectivity index (χ4v) is 4.10. The van der Waals surface area contributed by atoms with Gasteiger partial charge in [-0.05, 0) is 54.4 Å². The van der Waals surface area contributed by atoms with Crippen LogP contribution in [0, 0.1) is 0 Å². The molecule has 4 aromatic rings. The minimum absolute atomic E-state index is 0.839. The summed E-state index contributed by atoms with van der Waals surface area (Å²) in [5, 5.41) is 14.2. The second-order valence-corrected chi connectivity index (χ2v) is 7.89. The van der Waals surface area contributed by atoms with Crippen LogP contribution in [-0.4, -0.2) is 31.7 Å². The zero-order chi connectivity index (χ0) is 20.8. The molecule has 0 aliphatic heterocycles. The molecule has 4 rings (SSSR count). The van der Waals surface area contributed by atoms with E-state index in [9.17, 15) is 0 Å². The maximum atomic E-state index is 5.27. The number of rotatable bonds is 9. The van der Waals surface area contributed by atoms with Gasteiger partial charge in [0.1, 0.15) is 5.75 Å². The van der Waals surface area contributed by atoms with Crippen LogP contribution in [-0.2, 0) is 12.3 Å². The number of hydrogen-bond acceptors (Lipinski definition) is 5. The standard InChI is InChI=1S/C23H25N5OS/c1-3-4-15-27-22(19-8-12-21(29-2)13-9-19)25-26-23(27)30-17-18-6-10-20(11-7-18)28-16-5-14-24-28/h5-14,16H,3-4,15,17H2,1-2H3. The first-order chi connectivity index (χ1) is 14.8. The fourth-order valence-electron chi connectivity index (χ4n) is 3.18. The third kappa shape index (κ3) is 4.57. The number of benzene rings is 2. The maximum absolute atomic E-state index is 5.27. The van der Waals surface area contributed by atoms with Crippen molar-refractivity contribution in [3.63, 3.8) is 0 Å². The lowest BCUT2D eigenvalue weighted by molar-refractivity contribution is 0.415. The van der Waals surface area contributed by atoms with E-state index >= 15 is 0 Å². The summed E-state index contributed by atoms with van der Waals surface area (Å²) in [6.07, 6.45) is 5.94. The highest BCUT2D eigenvalue weighted by Crippen LogP contribution is 2.28. The second kappa shape index (κ2) is 9.63. The van der Waals surface area contributed by atoms with Gasteiger partial charge in [-0.1, -0.05) is 37.2 Å². The van der Waals surface area contributed by atoms with Crippen molar-refractivity contribution in [3.8, 4) is 22.8 Å². The van der Waals surface area contributed by atoms with Crippen LogP contribution in [0.15, 0.2) is 72.1 Å². The van der Waals surface area contributed by atoms with Gasteiger partial charge in [0.15, 0.2) is 11.0 Å². The molecule has 0 saturated heterocycles. The predicted octanol–water partition coefficient (Wildman–Crippen LogP) is 5.23. The zero-order valence-electron chi connectivity index (χ0n) is 17.2. The molecule has 154 valence electrons. The van der Waals surface area contributed by atoms with Gasteiger partial charge in [-0.25, -0.2) is 4.68 Å². The van der Waals surface area contributed by atoms with Crippen molar-refractivity contribution in [2.75, 3.05) is 7.11 Å². The number of hydrogen-bond donors (Lipinski definition) is 0. The van der Waals surface area contributed by atoms with Crippen LogP contribution in [0.1, 0.15) is 25.3 Å². The highest BCUT2D eigenvalue weighted by molar-refractivity contribution is 7.98. The SMILES string of the molecule is CCCCn1c(SCc2ccc(-n3cccn3)cc2)nnc1-c1ccc(OC)cc1. The van der Waals surface area contributed by atoms with Crippen molar-refractivity contribution >= 4 is 11.8 Å². The Morgan fingerprint density at radius 3 is 2.47 bits per heavy atom. The molecule has 2 aromatic carbocycles. The molecule has 0 amide bonds. The number of nitrogens with zero attached hydrogens (tertiary/aromatic N) is 5. The highest BCUT2D eigenvalue weighted by Gasteiger charge is 2.14. The van der Waals surface area contributed by atoms with Crippen LogP contribution < -0.4 is 4.74 Å². The Labute approximate surface area is 180 Å². The molecule has 0 aliphatic carbocycles. The van der Waals surface area contributed by atoms with Gasteiger partial charge in [0.25, 0.3) is 0 Å². The van der Waals surface area contributed by atoms with E-state index in [-0.39, 0.29) is 0 Å². The van der Waals surface area contributed by atoms with Gasteiger partial charge in [-0.2, -0.15) is 5.10 Å². The molecule has 7 heteroatoms. The molecule has 6 nitrogen and oxygen atoms in total. The van der Waals surface area contributed by atoms with Crippen molar-refractivity contribution in [1.82, 2.24) is 24.5 Å². The molecule has 2 heterocycles. The first-order valence-electron chi connectivity index (χ1n) is 10.1. The molecule has 0 N–H and O–H groups in total. The lowest BCUT2D eigenvalue weighted by Crippen LogP contribution is -2.03. The summed E-state index contributed by atoms with van der Waals surface area (Å²) >= 11 is 1.72. The quantitative estimate of drug-likeness (QED) is 0.348. The normalized spacial score (nSPS) is 11.0. The van der Waals surface area contributed by atoms with Crippen LogP contribution in [0.25, 0.3) is 17.1 Å². The minimum Gasteiger partial charge on any atom is -0.497 e. The monoisotopic (exact) mass is 419 g/mol. The fraction of sp³-hybridized carbons (Fsp3) is 0.261. The van der Waals surface area contributed by atoms with E-state index in [4.69, 9.17) is 4.74 Å². The maximum Gasteiger partial charge on any atom is 0.191 e. The highest BCUT2D eigenvalue weighted by atomic mass is 32.2. The van der Waals surface area contributed by atoms with Gasteiger partial charge in [0.2, 0.25) is 0 Å². The van der Waals surface area contributed by atoms with E-state index in [1.165, 1.54) is 5.56 Å². The first-order valence-corrected chi connectivity index (χ1v) is 11.1. The molecule has 0 unspecified atom stereocenters. The minimum atomic E-state index is 0.839. The smallest absolute Gasteiger partial charge is 0.191 e. The molecule has 0 spiro atoms.